The van der Waals surface area contributed by atoms with Gasteiger partial charge < -0.3 is 24.7 Å². The maximum absolute atomic E-state index is 14.4. The van der Waals surface area contributed by atoms with Gasteiger partial charge in [-0.2, -0.15) is 0 Å². The number of anilines is 1. The van der Waals surface area contributed by atoms with Crippen molar-refractivity contribution >= 4 is 34.0 Å². The molecule has 0 bridgehead atoms. The number of alkyl halides is 3. The molecule has 0 fully saturated rings. The number of benzene rings is 4. The van der Waals surface area contributed by atoms with Crippen LogP contribution in [0.25, 0.3) is 10.8 Å². The number of halogens is 4. The van der Waals surface area contributed by atoms with Crippen LogP contribution in [0.5, 0.6) is 5.75 Å². The molecule has 0 aliphatic carbocycles. The summed E-state index contributed by atoms with van der Waals surface area (Å²) in [6.07, 6.45) is -3.53. The molecule has 15 heteroatoms. The lowest BCUT2D eigenvalue weighted by molar-refractivity contribution is -0.385. The number of ether oxygens (including phenoxy) is 2. The third-order valence-corrected chi connectivity index (χ3v) is 8.86. The van der Waals surface area contributed by atoms with Crippen molar-refractivity contribution in [1.82, 2.24) is 9.88 Å². The van der Waals surface area contributed by atoms with Gasteiger partial charge in [-0.3, -0.25) is 24.5 Å². The maximum atomic E-state index is 14.4. The van der Waals surface area contributed by atoms with Crippen LogP contribution in [0, 0.1) is 22.9 Å². The first-order valence-corrected chi connectivity index (χ1v) is 16.7. The van der Waals surface area contributed by atoms with Crippen LogP contribution >= 0.6 is 0 Å². The lowest BCUT2D eigenvalue weighted by Gasteiger charge is -2.27. The number of likely N-dealkylation sites (N-methyl/N-ethyl adjacent to an activating group) is 1. The Labute approximate surface area is 306 Å². The second-order valence-corrected chi connectivity index (χ2v) is 12.8. The minimum Gasteiger partial charge on any atom is -0.461 e. The van der Waals surface area contributed by atoms with E-state index in [2.05, 4.69) is 15.0 Å². The molecule has 2 N–H and O–H groups in total. The number of hydrogen-bond acceptors (Lipinski definition) is 8. The van der Waals surface area contributed by atoms with Gasteiger partial charge in [-0.25, -0.2) is 4.39 Å². The molecule has 0 saturated heterocycles. The number of nitro benzene ring substituents is 1. The number of rotatable bonds is 14. The number of nitrogens with zero attached hydrogens (tertiary/aromatic N) is 2. The lowest BCUT2D eigenvalue weighted by atomic mass is 9.90. The molecule has 5 aromatic rings. The highest BCUT2D eigenvalue weighted by atomic mass is 19.4. The van der Waals surface area contributed by atoms with Gasteiger partial charge in [0.25, 0.3) is 11.2 Å². The maximum Gasteiger partial charge on any atom is 0.573 e. The van der Waals surface area contributed by atoms with Crippen LogP contribution < -0.4 is 15.6 Å². The van der Waals surface area contributed by atoms with Crippen LogP contribution in [0.15, 0.2) is 95.9 Å². The van der Waals surface area contributed by atoms with Crippen LogP contribution in [-0.4, -0.2) is 40.1 Å². The molecular formula is C39H36F4N4O7. The van der Waals surface area contributed by atoms with Gasteiger partial charge in [0, 0.05) is 55.0 Å². The number of aryl methyl sites for hydroxylation is 1. The Morgan fingerprint density at radius 3 is 2.43 bits per heavy atom. The van der Waals surface area contributed by atoms with Crippen molar-refractivity contribution in [1.29, 1.82) is 0 Å². The van der Waals surface area contributed by atoms with E-state index in [4.69, 9.17) is 4.74 Å². The summed E-state index contributed by atoms with van der Waals surface area (Å²) in [4.78, 5) is 53.3. The number of non-ortho nitro benzene ring substituents is 1. The molecule has 1 heterocycles. The van der Waals surface area contributed by atoms with E-state index in [9.17, 15) is 42.1 Å². The molecule has 11 nitrogen and oxygen atoms in total. The molecule has 0 spiro atoms. The molecule has 2 atom stereocenters. The lowest BCUT2D eigenvalue weighted by Crippen LogP contribution is -2.35. The predicted octanol–water partition coefficient (Wildman–Crippen LogP) is 8.22. The first kappa shape index (κ1) is 39.0. The van der Waals surface area contributed by atoms with E-state index < -0.39 is 52.6 Å². The number of fused-ring (bicyclic) bond motifs is 1. The van der Waals surface area contributed by atoms with Crippen LogP contribution in [0.1, 0.15) is 59.5 Å². The Morgan fingerprint density at radius 2 is 1.74 bits per heavy atom. The smallest absolute Gasteiger partial charge is 0.461 e. The molecule has 0 aliphatic heterocycles. The minimum atomic E-state index is -5.11. The third-order valence-electron chi connectivity index (χ3n) is 8.86. The number of nitro groups is 1. The van der Waals surface area contributed by atoms with Crippen molar-refractivity contribution < 1.29 is 41.5 Å². The Hall–Kier alpha value is -6.25. The van der Waals surface area contributed by atoms with Crippen molar-refractivity contribution in [2.24, 2.45) is 0 Å². The van der Waals surface area contributed by atoms with E-state index in [1.807, 2.05) is 50.2 Å². The highest BCUT2D eigenvalue weighted by Gasteiger charge is 2.33. The molecule has 1 aromatic heterocycles. The van der Waals surface area contributed by atoms with Crippen molar-refractivity contribution in [2.45, 2.75) is 58.2 Å². The Balaban J connectivity index is 1.42. The SMILES string of the molecule is Cc1cc(C(Nc2ccc3c(F)c[nH]c(=O)c3c2)C(=O)N(C)Cc2cc([N+](=O)[O-])ccc2OC(F)(F)F)ccc1[C@@H](C)CCC(=O)OCc1ccccc1. The average molecular weight is 749 g/mol. The fourth-order valence-corrected chi connectivity index (χ4v) is 6.08. The normalized spacial score (nSPS) is 12.5. The minimum absolute atomic E-state index is 0.00717. The van der Waals surface area contributed by atoms with Gasteiger partial charge in [0.15, 0.2) is 0 Å². The number of esters is 1. The van der Waals surface area contributed by atoms with E-state index in [0.717, 1.165) is 46.0 Å². The van der Waals surface area contributed by atoms with E-state index in [0.29, 0.717) is 12.0 Å². The first-order valence-electron chi connectivity index (χ1n) is 16.7. The zero-order chi connectivity index (χ0) is 39.2. The quantitative estimate of drug-likeness (QED) is 0.0501. The number of nitrogens with one attached hydrogen (secondary N) is 2. The largest absolute Gasteiger partial charge is 0.573 e. The fourth-order valence-electron chi connectivity index (χ4n) is 6.08. The molecule has 282 valence electrons. The highest BCUT2D eigenvalue weighted by molar-refractivity contribution is 5.89. The summed E-state index contributed by atoms with van der Waals surface area (Å²) < 4.78 is 63.6. The second-order valence-electron chi connectivity index (χ2n) is 12.8. The molecule has 0 saturated carbocycles. The van der Waals surface area contributed by atoms with Crippen molar-refractivity contribution in [3.8, 4) is 5.75 Å². The number of aromatic nitrogens is 1. The summed E-state index contributed by atoms with van der Waals surface area (Å²) in [6.45, 7) is 3.43. The summed E-state index contributed by atoms with van der Waals surface area (Å²) in [5.74, 6) is -2.47. The predicted molar refractivity (Wildman–Crippen MR) is 192 cm³/mol. The number of hydrogen-bond donors (Lipinski definition) is 2. The van der Waals surface area contributed by atoms with E-state index in [1.54, 1.807) is 12.1 Å². The standard InChI is InChI=1S/C39H36F4N4O7/c1-23(9-16-35(48)53-22-25-7-5-4-6-8-25)30-13-10-26(17-24(30)2)36(45-28-11-14-31-32(19-28)37(49)44-20-33(31)40)38(50)46(3)21-27-18-29(47(51)52)12-15-34(27)54-39(41,42)43/h4-8,10-15,17-20,23,36,45H,9,16,21-22H2,1-3H3,(H,44,49)/t23-,36?/m0/s1. The fraction of sp³-hybridized carbons (Fsp3) is 0.256. The molecule has 1 amide bonds. The van der Waals surface area contributed by atoms with Gasteiger partial charge >= 0.3 is 12.3 Å². The molecule has 54 heavy (non-hydrogen) atoms. The molecule has 5 rings (SSSR count). The van der Waals surface area contributed by atoms with Crippen molar-refractivity contribution in [2.75, 3.05) is 12.4 Å². The number of amides is 1. The third kappa shape index (κ3) is 9.79. The molecule has 0 radical (unpaired) electrons. The zero-order valence-corrected chi connectivity index (χ0v) is 29.4. The van der Waals surface area contributed by atoms with E-state index in [-0.39, 0.29) is 46.9 Å². The topological polar surface area (TPSA) is 144 Å². The van der Waals surface area contributed by atoms with Crippen molar-refractivity contribution in [3.63, 3.8) is 0 Å². The number of H-pyrrole nitrogens is 1. The van der Waals surface area contributed by atoms with Crippen molar-refractivity contribution in [3.05, 3.63) is 145 Å². The summed E-state index contributed by atoms with van der Waals surface area (Å²) in [7, 11) is 1.31. The highest BCUT2D eigenvalue weighted by Crippen LogP contribution is 2.33. The number of aromatic amines is 1. The van der Waals surface area contributed by atoms with E-state index >= 15 is 0 Å². The van der Waals surface area contributed by atoms with Gasteiger partial charge in [0.05, 0.1) is 10.3 Å². The second kappa shape index (κ2) is 16.6. The molecule has 0 aliphatic rings. The Kier molecular flexibility index (Phi) is 12.0. The zero-order valence-electron chi connectivity index (χ0n) is 29.4. The Morgan fingerprint density at radius 1 is 1.00 bits per heavy atom. The van der Waals surface area contributed by atoms with E-state index in [1.165, 1.54) is 25.2 Å². The number of carbonyl (C=O) groups is 2. The van der Waals surface area contributed by atoms with Gasteiger partial charge in [-0.1, -0.05) is 55.5 Å². The Bertz CT molecular complexity index is 2230. The number of carbonyl (C=O) groups excluding carboxylic acids is 2. The van der Waals surface area contributed by atoms with Crippen LogP contribution in [0.4, 0.5) is 28.9 Å². The van der Waals surface area contributed by atoms with Gasteiger partial charge in [-0.15, -0.1) is 13.2 Å². The van der Waals surface area contributed by atoms with Crippen LogP contribution in [0.2, 0.25) is 0 Å². The van der Waals surface area contributed by atoms with Gasteiger partial charge in [0.2, 0.25) is 5.91 Å². The summed E-state index contributed by atoms with van der Waals surface area (Å²) in [5, 5.41) is 14.6. The first-order chi connectivity index (χ1) is 25.6. The van der Waals surface area contributed by atoms with Crippen LogP contribution in [0.3, 0.4) is 0 Å². The monoisotopic (exact) mass is 748 g/mol. The average Bonchev–Trinajstić information content (AvgIpc) is 3.13. The summed E-state index contributed by atoms with van der Waals surface area (Å²) in [6, 6.07) is 20.1. The molecule has 4 aromatic carbocycles. The number of pyridine rings is 1. The van der Waals surface area contributed by atoms with Crippen LogP contribution in [-0.2, 0) is 27.5 Å². The molecular weight excluding hydrogens is 712 g/mol. The summed E-state index contributed by atoms with van der Waals surface area (Å²) >= 11 is 0. The molecule has 1 unspecified atom stereocenters. The van der Waals surface area contributed by atoms with Gasteiger partial charge in [-0.05, 0) is 65.8 Å². The van der Waals surface area contributed by atoms with Gasteiger partial charge in [0.1, 0.15) is 24.2 Å². The summed E-state index contributed by atoms with van der Waals surface area (Å²) in [5.41, 5.74) is 1.88.